The van der Waals surface area contributed by atoms with Crippen LogP contribution in [0.15, 0.2) is 47.1 Å². The van der Waals surface area contributed by atoms with E-state index in [0.717, 1.165) is 19.4 Å². The number of aryl methyl sites for hydroxylation is 1. The number of nitrogens with zero attached hydrogens (tertiary/aromatic N) is 1. The van der Waals surface area contributed by atoms with Crippen LogP contribution in [0.3, 0.4) is 0 Å². The van der Waals surface area contributed by atoms with Crippen molar-refractivity contribution >= 4 is 5.91 Å². The summed E-state index contributed by atoms with van der Waals surface area (Å²) in [5.74, 6) is 0.425. The Hall–Kier alpha value is -2.03. The van der Waals surface area contributed by atoms with Crippen LogP contribution in [0.25, 0.3) is 0 Å². The number of furan rings is 1. The monoisotopic (exact) mass is 255 g/mol. The summed E-state index contributed by atoms with van der Waals surface area (Å²) in [4.78, 5) is 14.3. The SMILES string of the molecule is Cc1cccc([C@@H]2CCCN2C(=O)c2ccco2)c1. The lowest BCUT2D eigenvalue weighted by molar-refractivity contribution is 0.0703. The lowest BCUT2D eigenvalue weighted by Crippen LogP contribution is -2.30. The molecule has 0 unspecified atom stereocenters. The molecule has 0 aliphatic carbocycles. The van der Waals surface area contributed by atoms with E-state index in [1.807, 2.05) is 4.90 Å². The van der Waals surface area contributed by atoms with Gasteiger partial charge < -0.3 is 9.32 Å². The molecule has 1 aromatic heterocycles. The van der Waals surface area contributed by atoms with Crippen molar-refractivity contribution in [3.63, 3.8) is 0 Å². The van der Waals surface area contributed by atoms with Crippen LogP contribution in [-0.2, 0) is 0 Å². The maximum atomic E-state index is 12.4. The van der Waals surface area contributed by atoms with Crippen molar-refractivity contribution in [3.05, 3.63) is 59.5 Å². The predicted octanol–water partition coefficient (Wildman–Crippen LogP) is 3.57. The molecule has 19 heavy (non-hydrogen) atoms. The van der Waals surface area contributed by atoms with Crippen LogP contribution in [0.5, 0.6) is 0 Å². The highest BCUT2D eigenvalue weighted by molar-refractivity contribution is 5.91. The standard InChI is InChI=1S/C16H17NO2/c1-12-5-2-6-13(11-12)14-7-3-9-17(14)16(18)15-8-4-10-19-15/h2,4-6,8,10-11,14H,3,7,9H2,1H3/t14-/m0/s1. The van der Waals surface area contributed by atoms with Gasteiger partial charge in [-0.3, -0.25) is 4.79 Å². The van der Waals surface area contributed by atoms with E-state index < -0.39 is 0 Å². The largest absolute Gasteiger partial charge is 0.459 e. The van der Waals surface area contributed by atoms with Crippen molar-refractivity contribution in [2.24, 2.45) is 0 Å². The van der Waals surface area contributed by atoms with Crippen LogP contribution in [0.1, 0.15) is 40.6 Å². The molecular formula is C16H17NO2. The first-order valence-electron chi connectivity index (χ1n) is 6.67. The quantitative estimate of drug-likeness (QED) is 0.822. The molecule has 1 amide bonds. The van der Waals surface area contributed by atoms with Gasteiger partial charge in [0.05, 0.1) is 12.3 Å². The second-order valence-electron chi connectivity index (χ2n) is 5.05. The molecule has 1 atom stereocenters. The average Bonchev–Trinajstić information content (AvgIpc) is 3.09. The molecule has 0 saturated carbocycles. The van der Waals surface area contributed by atoms with Gasteiger partial charge in [0, 0.05) is 6.54 Å². The highest BCUT2D eigenvalue weighted by atomic mass is 16.3. The molecule has 0 radical (unpaired) electrons. The van der Waals surface area contributed by atoms with Gasteiger partial charge in [-0.2, -0.15) is 0 Å². The van der Waals surface area contributed by atoms with Crippen molar-refractivity contribution < 1.29 is 9.21 Å². The molecule has 98 valence electrons. The molecule has 0 bridgehead atoms. The first-order chi connectivity index (χ1) is 9.25. The Bertz CT molecular complexity index is 574. The second kappa shape index (κ2) is 4.92. The Labute approximate surface area is 112 Å². The smallest absolute Gasteiger partial charge is 0.290 e. The lowest BCUT2D eigenvalue weighted by Gasteiger charge is -2.24. The van der Waals surface area contributed by atoms with E-state index in [9.17, 15) is 4.79 Å². The molecule has 0 spiro atoms. The van der Waals surface area contributed by atoms with Crippen molar-refractivity contribution in [1.82, 2.24) is 4.90 Å². The summed E-state index contributed by atoms with van der Waals surface area (Å²) in [5.41, 5.74) is 2.45. The Morgan fingerprint density at radius 3 is 2.95 bits per heavy atom. The molecule has 1 fully saturated rings. The fraction of sp³-hybridized carbons (Fsp3) is 0.312. The van der Waals surface area contributed by atoms with Crippen LogP contribution in [-0.4, -0.2) is 17.4 Å². The van der Waals surface area contributed by atoms with E-state index >= 15 is 0 Å². The molecule has 1 aliphatic rings. The van der Waals surface area contributed by atoms with E-state index in [4.69, 9.17) is 4.42 Å². The van der Waals surface area contributed by atoms with Gasteiger partial charge in [-0.25, -0.2) is 0 Å². The molecule has 2 aromatic rings. The number of carbonyl (C=O) groups is 1. The van der Waals surface area contributed by atoms with Crippen LogP contribution in [0.2, 0.25) is 0 Å². The van der Waals surface area contributed by atoms with Crippen LogP contribution in [0.4, 0.5) is 0 Å². The minimum atomic E-state index is -0.00555. The van der Waals surface area contributed by atoms with Gasteiger partial charge in [-0.1, -0.05) is 29.8 Å². The first-order valence-corrected chi connectivity index (χ1v) is 6.67. The molecule has 0 N–H and O–H groups in total. The van der Waals surface area contributed by atoms with Gasteiger partial charge in [-0.15, -0.1) is 0 Å². The molecule has 1 saturated heterocycles. The molecule has 2 heterocycles. The summed E-state index contributed by atoms with van der Waals surface area (Å²) in [5, 5.41) is 0. The van der Waals surface area contributed by atoms with Crippen molar-refractivity contribution in [2.45, 2.75) is 25.8 Å². The van der Waals surface area contributed by atoms with Crippen molar-refractivity contribution in [1.29, 1.82) is 0 Å². The van der Waals surface area contributed by atoms with Crippen LogP contribution >= 0.6 is 0 Å². The number of carbonyl (C=O) groups excluding carboxylic acids is 1. The van der Waals surface area contributed by atoms with Gasteiger partial charge >= 0.3 is 0 Å². The van der Waals surface area contributed by atoms with E-state index in [1.54, 1.807) is 18.4 Å². The van der Waals surface area contributed by atoms with E-state index in [1.165, 1.54) is 11.1 Å². The number of hydrogen-bond acceptors (Lipinski definition) is 2. The molecule has 1 aromatic carbocycles. The van der Waals surface area contributed by atoms with Gasteiger partial charge in [0.15, 0.2) is 5.76 Å². The zero-order chi connectivity index (χ0) is 13.2. The Morgan fingerprint density at radius 1 is 1.32 bits per heavy atom. The molecule has 1 aliphatic heterocycles. The zero-order valence-corrected chi connectivity index (χ0v) is 11.0. The predicted molar refractivity (Wildman–Crippen MR) is 72.9 cm³/mol. The maximum absolute atomic E-state index is 12.4. The molecule has 3 heteroatoms. The first kappa shape index (κ1) is 12.0. The third-order valence-corrected chi connectivity index (χ3v) is 3.67. The number of benzene rings is 1. The minimum absolute atomic E-state index is 0.00555. The zero-order valence-electron chi connectivity index (χ0n) is 11.0. The van der Waals surface area contributed by atoms with Gasteiger partial charge in [0.2, 0.25) is 0 Å². The normalized spacial score (nSPS) is 18.8. The van der Waals surface area contributed by atoms with Gasteiger partial charge in [0.25, 0.3) is 5.91 Å². The maximum Gasteiger partial charge on any atom is 0.290 e. The van der Waals surface area contributed by atoms with Gasteiger partial charge in [0.1, 0.15) is 0 Å². The highest BCUT2D eigenvalue weighted by Gasteiger charge is 2.31. The van der Waals surface area contributed by atoms with E-state index in [0.29, 0.717) is 5.76 Å². The average molecular weight is 255 g/mol. The summed E-state index contributed by atoms with van der Waals surface area (Å²) < 4.78 is 5.22. The van der Waals surface area contributed by atoms with Crippen LogP contribution < -0.4 is 0 Å². The fourth-order valence-electron chi connectivity index (χ4n) is 2.78. The Kier molecular flexibility index (Phi) is 3.11. The summed E-state index contributed by atoms with van der Waals surface area (Å²) in [6.45, 7) is 2.88. The summed E-state index contributed by atoms with van der Waals surface area (Å²) in [6.07, 6.45) is 3.62. The molecular weight excluding hydrogens is 238 g/mol. The summed E-state index contributed by atoms with van der Waals surface area (Å²) in [7, 11) is 0. The third kappa shape index (κ3) is 2.28. The van der Waals surface area contributed by atoms with Crippen molar-refractivity contribution in [3.8, 4) is 0 Å². The molecule has 3 rings (SSSR count). The molecule has 3 nitrogen and oxygen atoms in total. The lowest BCUT2D eigenvalue weighted by atomic mass is 10.0. The number of rotatable bonds is 2. The Morgan fingerprint density at radius 2 is 2.21 bits per heavy atom. The van der Waals surface area contributed by atoms with Crippen LogP contribution in [0, 0.1) is 6.92 Å². The fourth-order valence-corrected chi connectivity index (χ4v) is 2.78. The van der Waals surface area contributed by atoms with Gasteiger partial charge in [-0.05, 0) is 37.5 Å². The topological polar surface area (TPSA) is 33.5 Å². The summed E-state index contributed by atoms with van der Waals surface area (Å²) >= 11 is 0. The third-order valence-electron chi connectivity index (χ3n) is 3.67. The highest BCUT2D eigenvalue weighted by Crippen LogP contribution is 2.33. The second-order valence-corrected chi connectivity index (χ2v) is 5.05. The number of likely N-dealkylation sites (tertiary alicyclic amines) is 1. The number of hydrogen-bond donors (Lipinski definition) is 0. The van der Waals surface area contributed by atoms with Crippen molar-refractivity contribution in [2.75, 3.05) is 6.54 Å². The van der Waals surface area contributed by atoms with E-state index in [2.05, 4.69) is 31.2 Å². The summed E-state index contributed by atoms with van der Waals surface area (Å²) in [6, 6.07) is 12.1. The van der Waals surface area contributed by atoms with E-state index in [-0.39, 0.29) is 11.9 Å². The number of amides is 1. The minimum Gasteiger partial charge on any atom is -0.459 e. The Balaban J connectivity index is 1.88.